The van der Waals surface area contributed by atoms with Gasteiger partial charge in [-0.25, -0.2) is 4.79 Å². The number of aromatic nitrogens is 1. The van der Waals surface area contributed by atoms with Crippen LogP contribution in [-0.4, -0.2) is 49.6 Å². The molecule has 0 saturated carbocycles. The van der Waals surface area contributed by atoms with Crippen LogP contribution in [0, 0.1) is 0 Å². The van der Waals surface area contributed by atoms with Crippen LogP contribution in [0.1, 0.15) is 5.56 Å². The molecule has 2 amide bonds. The number of nitrogens with zero attached hydrogens (tertiary/aromatic N) is 1. The van der Waals surface area contributed by atoms with E-state index in [-0.39, 0.29) is 6.03 Å². The maximum Gasteiger partial charge on any atom is 0.314 e. The predicted octanol–water partition coefficient (Wildman–Crippen LogP) is 1.57. The zero-order valence-electron chi connectivity index (χ0n) is 12.1. The van der Waals surface area contributed by atoms with Crippen LogP contribution in [-0.2, 0) is 6.42 Å². The Morgan fingerprint density at radius 1 is 1.20 bits per heavy atom. The molecular formula is C15H22N4O. The van der Waals surface area contributed by atoms with Crippen LogP contribution in [0.3, 0.4) is 0 Å². The first-order valence-electron chi connectivity index (χ1n) is 6.88. The molecule has 20 heavy (non-hydrogen) atoms. The van der Waals surface area contributed by atoms with Crippen molar-refractivity contribution in [2.24, 2.45) is 0 Å². The minimum atomic E-state index is -0.105. The zero-order chi connectivity index (χ0) is 14.4. The number of hydrogen-bond acceptors (Lipinski definition) is 2. The summed E-state index contributed by atoms with van der Waals surface area (Å²) >= 11 is 0. The van der Waals surface area contributed by atoms with Gasteiger partial charge in [-0.3, -0.25) is 0 Å². The summed E-state index contributed by atoms with van der Waals surface area (Å²) in [6.45, 7) is 2.14. The van der Waals surface area contributed by atoms with E-state index in [9.17, 15) is 4.79 Å². The van der Waals surface area contributed by atoms with Crippen LogP contribution in [0.25, 0.3) is 10.9 Å². The number of benzene rings is 1. The summed E-state index contributed by atoms with van der Waals surface area (Å²) < 4.78 is 0. The lowest BCUT2D eigenvalue weighted by molar-refractivity contribution is 0.239. The lowest BCUT2D eigenvalue weighted by Gasteiger charge is -2.11. The molecule has 5 nitrogen and oxygen atoms in total. The van der Waals surface area contributed by atoms with Crippen molar-refractivity contribution < 1.29 is 4.79 Å². The van der Waals surface area contributed by atoms with E-state index in [1.807, 2.05) is 37.3 Å². The number of H-pyrrole nitrogens is 1. The molecule has 0 fully saturated rings. The fourth-order valence-corrected chi connectivity index (χ4v) is 2.10. The van der Waals surface area contributed by atoms with Crippen LogP contribution in [0.2, 0.25) is 0 Å². The monoisotopic (exact) mass is 274 g/mol. The molecule has 0 aliphatic carbocycles. The number of carbonyl (C=O) groups excluding carboxylic acids is 1. The molecule has 0 unspecified atom stereocenters. The topological polar surface area (TPSA) is 60.2 Å². The number of para-hydroxylation sites is 1. The molecule has 0 aliphatic heterocycles. The highest BCUT2D eigenvalue weighted by Gasteiger charge is 2.04. The van der Waals surface area contributed by atoms with E-state index in [1.54, 1.807) is 0 Å². The highest BCUT2D eigenvalue weighted by atomic mass is 16.2. The van der Waals surface area contributed by atoms with Crippen molar-refractivity contribution in [3.05, 3.63) is 36.0 Å². The van der Waals surface area contributed by atoms with Crippen molar-refractivity contribution in [2.45, 2.75) is 6.42 Å². The summed E-state index contributed by atoms with van der Waals surface area (Å²) in [7, 11) is 3.97. The smallest absolute Gasteiger partial charge is 0.314 e. The summed E-state index contributed by atoms with van der Waals surface area (Å²) in [6, 6.07) is 8.09. The van der Waals surface area contributed by atoms with Crippen LogP contribution in [0.4, 0.5) is 4.79 Å². The van der Waals surface area contributed by atoms with Crippen molar-refractivity contribution >= 4 is 16.9 Å². The van der Waals surface area contributed by atoms with Gasteiger partial charge in [0.05, 0.1) is 0 Å². The Hall–Kier alpha value is -2.01. The maximum atomic E-state index is 11.6. The van der Waals surface area contributed by atoms with Crippen molar-refractivity contribution in [1.82, 2.24) is 20.5 Å². The number of nitrogens with one attached hydrogen (secondary N) is 3. The van der Waals surface area contributed by atoms with E-state index >= 15 is 0 Å². The van der Waals surface area contributed by atoms with Gasteiger partial charge in [-0.15, -0.1) is 0 Å². The molecule has 1 heterocycles. The SMILES string of the molecule is CN(C)CCNC(=O)NCCc1c[nH]c2ccccc12. The fraction of sp³-hybridized carbons (Fsp3) is 0.400. The minimum Gasteiger partial charge on any atom is -0.361 e. The number of rotatable bonds is 6. The first kappa shape index (κ1) is 14.4. The number of urea groups is 1. The minimum absolute atomic E-state index is 0.105. The van der Waals surface area contributed by atoms with Crippen molar-refractivity contribution in [2.75, 3.05) is 33.7 Å². The summed E-state index contributed by atoms with van der Waals surface area (Å²) in [5.74, 6) is 0. The van der Waals surface area contributed by atoms with Gasteiger partial charge in [-0.2, -0.15) is 0 Å². The van der Waals surface area contributed by atoms with Gasteiger partial charge in [0.2, 0.25) is 0 Å². The van der Waals surface area contributed by atoms with E-state index in [2.05, 4.69) is 27.8 Å². The van der Waals surface area contributed by atoms with Gasteiger partial charge >= 0.3 is 6.03 Å². The van der Waals surface area contributed by atoms with Crippen molar-refractivity contribution in [3.63, 3.8) is 0 Å². The molecule has 0 aliphatic rings. The second-order valence-corrected chi connectivity index (χ2v) is 5.10. The Labute approximate surface area is 119 Å². The van der Waals surface area contributed by atoms with E-state index in [0.29, 0.717) is 13.1 Å². The van der Waals surface area contributed by atoms with Gasteiger partial charge in [-0.05, 0) is 32.1 Å². The first-order chi connectivity index (χ1) is 9.66. The second kappa shape index (κ2) is 6.96. The third-order valence-electron chi connectivity index (χ3n) is 3.20. The molecule has 1 aromatic heterocycles. The van der Waals surface area contributed by atoms with E-state index in [4.69, 9.17) is 0 Å². The highest BCUT2D eigenvalue weighted by molar-refractivity contribution is 5.83. The van der Waals surface area contributed by atoms with Crippen molar-refractivity contribution in [3.8, 4) is 0 Å². The Bertz CT molecular complexity index is 562. The third-order valence-corrected chi connectivity index (χ3v) is 3.20. The van der Waals surface area contributed by atoms with Gasteiger partial charge in [0.15, 0.2) is 0 Å². The molecule has 0 bridgehead atoms. The fourth-order valence-electron chi connectivity index (χ4n) is 2.10. The highest BCUT2D eigenvalue weighted by Crippen LogP contribution is 2.17. The number of carbonyl (C=O) groups is 1. The average molecular weight is 274 g/mol. The summed E-state index contributed by atoms with van der Waals surface area (Å²) in [4.78, 5) is 16.8. The van der Waals surface area contributed by atoms with Gasteiger partial charge in [0.1, 0.15) is 0 Å². The van der Waals surface area contributed by atoms with Crippen molar-refractivity contribution in [1.29, 1.82) is 0 Å². The van der Waals surface area contributed by atoms with Crippen LogP contribution < -0.4 is 10.6 Å². The maximum absolute atomic E-state index is 11.6. The number of hydrogen-bond donors (Lipinski definition) is 3. The summed E-state index contributed by atoms with van der Waals surface area (Å²) in [5, 5.41) is 6.93. The Morgan fingerprint density at radius 2 is 1.95 bits per heavy atom. The van der Waals surface area contributed by atoms with Crippen LogP contribution in [0.5, 0.6) is 0 Å². The van der Waals surface area contributed by atoms with E-state index < -0.39 is 0 Å². The molecule has 1 aromatic carbocycles. The molecular weight excluding hydrogens is 252 g/mol. The largest absolute Gasteiger partial charge is 0.361 e. The van der Waals surface area contributed by atoms with E-state index in [1.165, 1.54) is 10.9 Å². The Morgan fingerprint density at radius 3 is 2.75 bits per heavy atom. The molecule has 2 aromatic rings. The lowest BCUT2D eigenvalue weighted by atomic mass is 10.1. The van der Waals surface area contributed by atoms with E-state index in [0.717, 1.165) is 18.5 Å². The molecule has 0 spiro atoms. The molecule has 5 heteroatoms. The Kier molecular flexibility index (Phi) is 5.01. The first-order valence-corrected chi connectivity index (χ1v) is 6.88. The molecule has 0 radical (unpaired) electrons. The standard InChI is InChI=1S/C15H22N4O/c1-19(2)10-9-17-15(20)16-8-7-12-11-18-14-6-4-3-5-13(12)14/h3-6,11,18H,7-10H2,1-2H3,(H2,16,17,20). The number of aromatic amines is 1. The second-order valence-electron chi connectivity index (χ2n) is 5.10. The zero-order valence-corrected chi connectivity index (χ0v) is 12.1. The molecule has 0 saturated heterocycles. The van der Waals surface area contributed by atoms with Gasteiger partial charge in [0, 0.05) is 36.7 Å². The molecule has 108 valence electrons. The number of amides is 2. The predicted molar refractivity (Wildman–Crippen MR) is 82.0 cm³/mol. The summed E-state index contributed by atoms with van der Waals surface area (Å²) in [6.07, 6.45) is 2.83. The third kappa shape index (κ3) is 3.99. The van der Waals surface area contributed by atoms with Crippen LogP contribution >= 0.6 is 0 Å². The van der Waals surface area contributed by atoms with Gasteiger partial charge in [0.25, 0.3) is 0 Å². The molecule has 2 rings (SSSR count). The van der Waals surface area contributed by atoms with Crippen LogP contribution in [0.15, 0.2) is 30.5 Å². The molecule has 3 N–H and O–H groups in total. The quantitative estimate of drug-likeness (QED) is 0.749. The molecule has 0 atom stereocenters. The Balaban J connectivity index is 1.74. The summed E-state index contributed by atoms with van der Waals surface area (Å²) in [5.41, 5.74) is 2.37. The normalized spacial score (nSPS) is 10.9. The average Bonchev–Trinajstić information content (AvgIpc) is 2.82. The number of likely N-dealkylation sites (N-methyl/N-ethyl adjacent to an activating group) is 1. The number of fused-ring (bicyclic) bond motifs is 1. The van der Waals surface area contributed by atoms with Gasteiger partial charge < -0.3 is 20.5 Å². The van der Waals surface area contributed by atoms with Gasteiger partial charge in [-0.1, -0.05) is 18.2 Å². The lowest BCUT2D eigenvalue weighted by Crippen LogP contribution is -2.39.